The summed E-state index contributed by atoms with van der Waals surface area (Å²) in [6, 6.07) is 4.61. The summed E-state index contributed by atoms with van der Waals surface area (Å²) in [7, 11) is -3.70. The quantitative estimate of drug-likeness (QED) is 0.835. The predicted molar refractivity (Wildman–Crippen MR) is 76.2 cm³/mol. The summed E-state index contributed by atoms with van der Waals surface area (Å²) in [6.45, 7) is 1.79. The third kappa shape index (κ3) is 2.82. The van der Waals surface area contributed by atoms with Crippen LogP contribution in [0.15, 0.2) is 32.9 Å². The van der Waals surface area contributed by atoms with Crippen LogP contribution in [0.5, 0.6) is 0 Å². The molecule has 0 bridgehead atoms. The molecule has 0 saturated heterocycles. The van der Waals surface area contributed by atoms with Gasteiger partial charge in [0.15, 0.2) is 5.13 Å². The Morgan fingerprint density at radius 3 is 2.72 bits per heavy atom. The van der Waals surface area contributed by atoms with Crippen molar-refractivity contribution in [2.75, 3.05) is 10.5 Å². The van der Waals surface area contributed by atoms with E-state index in [9.17, 15) is 8.42 Å². The summed E-state index contributed by atoms with van der Waals surface area (Å²) in [6.07, 6.45) is 0. The molecular formula is C10H10BrN3O2S2. The van der Waals surface area contributed by atoms with Crippen molar-refractivity contribution in [3.8, 4) is 0 Å². The van der Waals surface area contributed by atoms with Gasteiger partial charge < -0.3 is 5.73 Å². The molecule has 0 fully saturated rings. The first-order chi connectivity index (χ1) is 8.38. The lowest BCUT2D eigenvalue weighted by Crippen LogP contribution is -2.14. The molecular weight excluding hydrogens is 338 g/mol. The lowest BCUT2D eigenvalue weighted by molar-refractivity contribution is 0.601. The predicted octanol–water partition coefficient (Wildman–Crippen LogP) is 2.60. The number of nitrogens with one attached hydrogen (secondary N) is 1. The lowest BCUT2D eigenvalue weighted by atomic mass is 10.3. The number of nitrogens with zero attached hydrogens (tertiary/aromatic N) is 1. The fraction of sp³-hybridized carbons (Fsp3) is 0.100. The molecule has 8 heteroatoms. The molecule has 0 aliphatic rings. The summed E-state index contributed by atoms with van der Waals surface area (Å²) < 4.78 is 27.3. The maximum absolute atomic E-state index is 12.1. The molecule has 96 valence electrons. The zero-order chi connectivity index (χ0) is 13.3. The third-order valence-electron chi connectivity index (χ3n) is 2.10. The first kappa shape index (κ1) is 13.3. The highest BCUT2D eigenvalue weighted by Gasteiger charge is 2.18. The van der Waals surface area contributed by atoms with Gasteiger partial charge in [0.1, 0.15) is 4.90 Å². The summed E-state index contributed by atoms with van der Waals surface area (Å²) in [5, 5.41) is 2.10. The van der Waals surface area contributed by atoms with E-state index >= 15 is 0 Å². The van der Waals surface area contributed by atoms with Crippen LogP contribution in [0.3, 0.4) is 0 Å². The Kier molecular flexibility index (Phi) is 3.60. The van der Waals surface area contributed by atoms with E-state index in [1.54, 1.807) is 24.4 Å². The number of aromatic nitrogens is 1. The molecule has 3 N–H and O–H groups in total. The van der Waals surface area contributed by atoms with E-state index in [-0.39, 0.29) is 10.6 Å². The summed E-state index contributed by atoms with van der Waals surface area (Å²) >= 11 is 4.46. The van der Waals surface area contributed by atoms with E-state index in [1.165, 1.54) is 17.4 Å². The Bertz CT molecular complexity index is 682. The van der Waals surface area contributed by atoms with Gasteiger partial charge in [0.2, 0.25) is 0 Å². The van der Waals surface area contributed by atoms with Gasteiger partial charge in [-0.3, -0.25) is 4.72 Å². The van der Waals surface area contributed by atoms with E-state index in [0.717, 1.165) is 10.2 Å². The molecule has 5 nitrogen and oxygen atoms in total. The van der Waals surface area contributed by atoms with Gasteiger partial charge in [0.25, 0.3) is 10.0 Å². The molecule has 0 atom stereocenters. The average molecular weight is 348 g/mol. The molecule has 0 aliphatic carbocycles. The first-order valence-corrected chi connectivity index (χ1v) is 8.04. The van der Waals surface area contributed by atoms with Crippen LogP contribution < -0.4 is 10.5 Å². The van der Waals surface area contributed by atoms with Gasteiger partial charge in [-0.25, -0.2) is 13.4 Å². The zero-order valence-electron chi connectivity index (χ0n) is 9.34. The Morgan fingerprint density at radius 2 is 2.17 bits per heavy atom. The van der Waals surface area contributed by atoms with Gasteiger partial charge in [-0.2, -0.15) is 0 Å². The van der Waals surface area contributed by atoms with Crippen molar-refractivity contribution in [2.45, 2.75) is 11.8 Å². The first-order valence-electron chi connectivity index (χ1n) is 4.88. The minimum atomic E-state index is -3.70. The molecule has 2 aromatic rings. The summed E-state index contributed by atoms with van der Waals surface area (Å²) in [5.41, 5.74) is 6.65. The molecule has 0 radical (unpaired) electrons. The van der Waals surface area contributed by atoms with Crippen LogP contribution in [0, 0.1) is 6.92 Å². The van der Waals surface area contributed by atoms with Crippen molar-refractivity contribution in [1.82, 2.24) is 4.98 Å². The number of anilines is 2. The Labute approximate surface area is 117 Å². The topological polar surface area (TPSA) is 85.1 Å². The lowest BCUT2D eigenvalue weighted by Gasteiger charge is -2.08. The van der Waals surface area contributed by atoms with Crippen LogP contribution in [-0.4, -0.2) is 13.4 Å². The smallest absolute Gasteiger partial charge is 0.265 e. The number of thiazole rings is 1. The third-order valence-corrected chi connectivity index (χ3v) is 5.01. The van der Waals surface area contributed by atoms with Gasteiger partial charge in [0, 0.05) is 9.85 Å². The second kappa shape index (κ2) is 4.87. The molecule has 0 amide bonds. The minimum absolute atomic E-state index is 0.0403. The van der Waals surface area contributed by atoms with Gasteiger partial charge in [-0.05, 0) is 25.1 Å². The summed E-state index contributed by atoms with van der Waals surface area (Å²) in [5.74, 6) is 0. The van der Waals surface area contributed by atoms with Crippen molar-refractivity contribution in [3.05, 3.63) is 33.7 Å². The number of nitrogen functional groups attached to an aromatic ring is 1. The van der Waals surface area contributed by atoms with Crippen LogP contribution >= 0.6 is 27.3 Å². The fourth-order valence-corrected chi connectivity index (χ4v) is 3.77. The molecule has 2 rings (SSSR count). The summed E-state index contributed by atoms with van der Waals surface area (Å²) in [4.78, 5) is 4.09. The van der Waals surface area contributed by atoms with Crippen molar-refractivity contribution in [1.29, 1.82) is 0 Å². The zero-order valence-corrected chi connectivity index (χ0v) is 12.6. The average Bonchev–Trinajstić information content (AvgIpc) is 2.62. The van der Waals surface area contributed by atoms with Gasteiger partial charge in [0.05, 0.1) is 11.4 Å². The van der Waals surface area contributed by atoms with E-state index in [2.05, 4.69) is 25.6 Å². The number of rotatable bonds is 3. The number of benzene rings is 1. The molecule has 0 aliphatic heterocycles. The number of hydrogen-bond donors (Lipinski definition) is 2. The number of sulfonamides is 1. The molecule has 1 aromatic heterocycles. The fourth-order valence-electron chi connectivity index (χ4n) is 1.33. The molecule has 1 aromatic carbocycles. The van der Waals surface area contributed by atoms with Gasteiger partial charge >= 0.3 is 0 Å². The molecule has 18 heavy (non-hydrogen) atoms. The second-order valence-electron chi connectivity index (χ2n) is 3.58. The molecule has 1 heterocycles. The monoisotopic (exact) mass is 347 g/mol. The second-order valence-corrected chi connectivity index (χ2v) is 7.01. The minimum Gasteiger partial charge on any atom is -0.398 e. The van der Waals surface area contributed by atoms with Crippen LogP contribution in [0.1, 0.15) is 5.69 Å². The van der Waals surface area contributed by atoms with E-state index in [0.29, 0.717) is 5.13 Å². The largest absolute Gasteiger partial charge is 0.398 e. The maximum Gasteiger partial charge on any atom is 0.265 e. The Balaban J connectivity index is 2.36. The van der Waals surface area contributed by atoms with Crippen molar-refractivity contribution >= 4 is 48.1 Å². The van der Waals surface area contributed by atoms with Crippen molar-refractivity contribution in [2.24, 2.45) is 0 Å². The maximum atomic E-state index is 12.1. The number of nitrogens with two attached hydrogens (primary N) is 1. The van der Waals surface area contributed by atoms with Crippen LogP contribution in [0.2, 0.25) is 0 Å². The Morgan fingerprint density at radius 1 is 1.44 bits per heavy atom. The Hall–Kier alpha value is -1.12. The van der Waals surface area contributed by atoms with Crippen LogP contribution in [-0.2, 0) is 10.0 Å². The molecule has 0 spiro atoms. The van der Waals surface area contributed by atoms with Crippen molar-refractivity contribution in [3.63, 3.8) is 0 Å². The van der Waals surface area contributed by atoms with E-state index in [4.69, 9.17) is 5.73 Å². The number of hydrogen-bond acceptors (Lipinski definition) is 5. The van der Waals surface area contributed by atoms with E-state index in [1.807, 2.05) is 0 Å². The standard InChI is InChI=1S/C10H10BrN3O2S2/c1-6-5-17-10(13-6)14-18(15,16)9-3-2-7(11)4-8(9)12/h2-5H,12H2,1H3,(H,13,14). The van der Waals surface area contributed by atoms with Gasteiger partial charge in [-0.15, -0.1) is 11.3 Å². The highest BCUT2D eigenvalue weighted by molar-refractivity contribution is 9.10. The number of halogens is 1. The highest BCUT2D eigenvalue weighted by Crippen LogP contribution is 2.25. The highest BCUT2D eigenvalue weighted by atomic mass is 79.9. The normalized spacial score (nSPS) is 11.4. The molecule has 0 saturated carbocycles. The SMILES string of the molecule is Cc1csc(NS(=O)(=O)c2ccc(Br)cc2N)n1. The van der Waals surface area contributed by atoms with Gasteiger partial charge in [-0.1, -0.05) is 15.9 Å². The number of aryl methyl sites for hydroxylation is 1. The van der Waals surface area contributed by atoms with Crippen molar-refractivity contribution < 1.29 is 8.42 Å². The van der Waals surface area contributed by atoms with E-state index < -0.39 is 10.0 Å². The van der Waals surface area contributed by atoms with Crippen LogP contribution in [0.4, 0.5) is 10.8 Å². The molecule has 0 unspecified atom stereocenters. The van der Waals surface area contributed by atoms with Crippen LogP contribution in [0.25, 0.3) is 0 Å².